The van der Waals surface area contributed by atoms with Crippen molar-refractivity contribution in [2.75, 3.05) is 24.7 Å². The van der Waals surface area contributed by atoms with E-state index in [1.807, 2.05) is 18.2 Å². The lowest BCUT2D eigenvalue weighted by Gasteiger charge is -2.23. The van der Waals surface area contributed by atoms with E-state index in [-0.39, 0.29) is 11.2 Å². The molecule has 0 amide bonds. The van der Waals surface area contributed by atoms with Gasteiger partial charge in [0.2, 0.25) is 10.0 Å². The summed E-state index contributed by atoms with van der Waals surface area (Å²) < 4.78 is 25.8. The molecular formula is C14H20BrNO2S. The first-order valence-electron chi connectivity index (χ1n) is 6.56. The van der Waals surface area contributed by atoms with E-state index in [1.54, 1.807) is 7.05 Å². The Labute approximate surface area is 124 Å². The highest BCUT2D eigenvalue weighted by Gasteiger charge is 2.46. The molecule has 2 rings (SSSR count). The summed E-state index contributed by atoms with van der Waals surface area (Å²) in [6, 6.07) is 10.2. The van der Waals surface area contributed by atoms with Crippen molar-refractivity contribution in [1.82, 2.24) is 4.31 Å². The van der Waals surface area contributed by atoms with Crippen LogP contribution < -0.4 is 0 Å². The summed E-state index contributed by atoms with van der Waals surface area (Å²) in [5, 5.41) is 0.726. The Morgan fingerprint density at radius 3 is 2.42 bits per heavy atom. The van der Waals surface area contributed by atoms with Gasteiger partial charge in [-0.3, -0.25) is 0 Å². The van der Waals surface area contributed by atoms with Crippen molar-refractivity contribution in [3.8, 4) is 0 Å². The Hall–Kier alpha value is -0.390. The molecule has 19 heavy (non-hydrogen) atoms. The molecule has 0 saturated heterocycles. The minimum atomic E-state index is -3.12. The first kappa shape index (κ1) is 15.0. The van der Waals surface area contributed by atoms with Crippen LogP contribution in [-0.2, 0) is 15.4 Å². The molecule has 0 bridgehead atoms. The van der Waals surface area contributed by atoms with E-state index >= 15 is 0 Å². The Bertz CT molecular complexity index is 512. The molecule has 0 aromatic heterocycles. The maximum Gasteiger partial charge on any atom is 0.213 e. The van der Waals surface area contributed by atoms with Gasteiger partial charge in [-0.25, -0.2) is 12.7 Å². The van der Waals surface area contributed by atoms with E-state index in [9.17, 15) is 8.42 Å². The summed E-state index contributed by atoms with van der Waals surface area (Å²) in [4.78, 5) is 0. The second kappa shape index (κ2) is 5.94. The van der Waals surface area contributed by atoms with Crippen LogP contribution in [0.2, 0.25) is 0 Å². The van der Waals surface area contributed by atoms with Crippen LogP contribution >= 0.6 is 15.9 Å². The van der Waals surface area contributed by atoms with Crippen molar-refractivity contribution in [2.45, 2.75) is 24.7 Å². The van der Waals surface area contributed by atoms with Gasteiger partial charge in [-0.2, -0.15) is 0 Å². The fraction of sp³-hybridized carbons (Fsp3) is 0.571. The molecule has 0 atom stereocenters. The normalized spacial score (nSPS) is 17.6. The lowest BCUT2D eigenvalue weighted by atomic mass is 9.96. The third kappa shape index (κ3) is 3.58. The fourth-order valence-corrected chi connectivity index (χ4v) is 4.31. The van der Waals surface area contributed by atoms with E-state index in [0.717, 1.165) is 18.2 Å². The van der Waals surface area contributed by atoms with Crippen LogP contribution in [0.15, 0.2) is 30.3 Å². The van der Waals surface area contributed by atoms with Crippen LogP contribution in [0.25, 0.3) is 0 Å². The van der Waals surface area contributed by atoms with E-state index in [0.29, 0.717) is 13.0 Å². The highest BCUT2D eigenvalue weighted by Crippen LogP contribution is 2.48. The molecule has 3 nitrogen and oxygen atoms in total. The molecule has 1 aliphatic carbocycles. The van der Waals surface area contributed by atoms with Gasteiger partial charge in [-0.05, 0) is 24.8 Å². The Morgan fingerprint density at radius 2 is 1.89 bits per heavy atom. The van der Waals surface area contributed by atoms with E-state index in [2.05, 4.69) is 28.1 Å². The van der Waals surface area contributed by atoms with Crippen LogP contribution in [-0.4, -0.2) is 37.4 Å². The summed E-state index contributed by atoms with van der Waals surface area (Å²) in [6.07, 6.45) is 2.82. The van der Waals surface area contributed by atoms with Gasteiger partial charge in [0.15, 0.2) is 0 Å². The molecule has 0 aliphatic heterocycles. The molecule has 1 aromatic rings. The molecule has 106 valence electrons. The first-order chi connectivity index (χ1) is 9.00. The van der Waals surface area contributed by atoms with Gasteiger partial charge in [0, 0.05) is 24.3 Å². The quantitative estimate of drug-likeness (QED) is 0.712. The third-order valence-electron chi connectivity index (χ3n) is 3.78. The molecule has 1 saturated carbocycles. The molecule has 1 aromatic carbocycles. The standard InChI is InChI=1S/C14H20BrNO2S/c1-16(19(17,18)11-5-10-15)12-14(8-9-14)13-6-3-2-4-7-13/h2-4,6-7H,5,8-12H2,1H3. The molecule has 0 N–H and O–H groups in total. The number of alkyl halides is 1. The van der Waals surface area contributed by atoms with E-state index < -0.39 is 10.0 Å². The number of sulfonamides is 1. The van der Waals surface area contributed by atoms with Gasteiger partial charge in [-0.15, -0.1) is 0 Å². The number of hydrogen-bond acceptors (Lipinski definition) is 2. The largest absolute Gasteiger partial charge is 0.213 e. The van der Waals surface area contributed by atoms with Crippen LogP contribution in [0.5, 0.6) is 0 Å². The summed E-state index contributed by atoms with van der Waals surface area (Å²) in [7, 11) is -1.42. The van der Waals surface area contributed by atoms with Crippen molar-refractivity contribution >= 4 is 26.0 Å². The van der Waals surface area contributed by atoms with Gasteiger partial charge in [0.05, 0.1) is 5.75 Å². The van der Waals surface area contributed by atoms with Crippen molar-refractivity contribution in [1.29, 1.82) is 0 Å². The fourth-order valence-electron chi connectivity index (χ4n) is 2.40. The zero-order valence-corrected chi connectivity index (χ0v) is 13.6. The second-order valence-electron chi connectivity index (χ2n) is 5.26. The number of benzene rings is 1. The van der Waals surface area contributed by atoms with Gasteiger partial charge < -0.3 is 0 Å². The SMILES string of the molecule is CN(CC1(c2ccccc2)CC1)S(=O)(=O)CCCBr. The Morgan fingerprint density at radius 1 is 1.26 bits per heavy atom. The van der Waals surface area contributed by atoms with Crippen molar-refractivity contribution in [3.05, 3.63) is 35.9 Å². The van der Waals surface area contributed by atoms with Gasteiger partial charge >= 0.3 is 0 Å². The van der Waals surface area contributed by atoms with Crippen molar-refractivity contribution in [2.24, 2.45) is 0 Å². The lowest BCUT2D eigenvalue weighted by Crippen LogP contribution is -2.36. The summed E-state index contributed by atoms with van der Waals surface area (Å²) in [5.41, 5.74) is 1.31. The third-order valence-corrected chi connectivity index (χ3v) is 6.22. The number of hydrogen-bond donors (Lipinski definition) is 0. The van der Waals surface area contributed by atoms with Crippen LogP contribution in [0.4, 0.5) is 0 Å². The molecule has 0 radical (unpaired) electrons. The first-order valence-corrected chi connectivity index (χ1v) is 9.29. The zero-order chi connectivity index (χ0) is 13.9. The number of likely N-dealkylation sites (N-methyl/N-ethyl adjacent to an activating group) is 1. The van der Waals surface area contributed by atoms with Gasteiger partial charge in [-0.1, -0.05) is 46.3 Å². The van der Waals surface area contributed by atoms with Gasteiger partial charge in [0.25, 0.3) is 0 Å². The second-order valence-corrected chi connectivity index (χ2v) is 8.25. The molecule has 1 aliphatic rings. The average molecular weight is 346 g/mol. The Balaban J connectivity index is 2.05. The topological polar surface area (TPSA) is 37.4 Å². The molecule has 0 unspecified atom stereocenters. The number of nitrogens with zero attached hydrogens (tertiary/aromatic N) is 1. The molecule has 5 heteroatoms. The van der Waals surface area contributed by atoms with Crippen LogP contribution in [0.1, 0.15) is 24.8 Å². The molecule has 0 heterocycles. The monoisotopic (exact) mass is 345 g/mol. The number of rotatable bonds is 7. The number of halogens is 1. The average Bonchev–Trinajstić information content (AvgIpc) is 3.18. The smallest absolute Gasteiger partial charge is 0.212 e. The maximum atomic E-state index is 12.1. The van der Waals surface area contributed by atoms with E-state index in [1.165, 1.54) is 9.87 Å². The molecule has 0 spiro atoms. The van der Waals surface area contributed by atoms with Crippen LogP contribution in [0.3, 0.4) is 0 Å². The minimum absolute atomic E-state index is 0.0531. The summed E-state index contributed by atoms with van der Waals surface area (Å²) in [6.45, 7) is 0.599. The summed E-state index contributed by atoms with van der Waals surface area (Å²) in [5.74, 6) is 0.222. The van der Waals surface area contributed by atoms with Gasteiger partial charge in [0.1, 0.15) is 0 Å². The molecule has 1 fully saturated rings. The minimum Gasteiger partial charge on any atom is -0.212 e. The maximum absolute atomic E-state index is 12.1. The highest BCUT2D eigenvalue weighted by molar-refractivity contribution is 9.09. The highest BCUT2D eigenvalue weighted by atomic mass is 79.9. The lowest BCUT2D eigenvalue weighted by molar-refractivity contribution is 0.426. The zero-order valence-electron chi connectivity index (χ0n) is 11.2. The van der Waals surface area contributed by atoms with Crippen LogP contribution in [0, 0.1) is 0 Å². The molecular weight excluding hydrogens is 326 g/mol. The summed E-state index contributed by atoms with van der Waals surface area (Å²) >= 11 is 3.28. The van der Waals surface area contributed by atoms with Crippen molar-refractivity contribution < 1.29 is 8.42 Å². The van der Waals surface area contributed by atoms with E-state index in [4.69, 9.17) is 0 Å². The Kier molecular flexibility index (Phi) is 4.69. The predicted molar refractivity (Wildman–Crippen MR) is 82.2 cm³/mol. The predicted octanol–water partition coefficient (Wildman–Crippen LogP) is 2.76. The van der Waals surface area contributed by atoms with Crippen molar-refractivity contribution in [3.63, 3.8) is 0 Å².